The minimum Gasteiger partial charge on any atom is -0.328 e. The number of hydrogen-bond acceptors (Lipinski definition) is 1. The minimum atomic E-state index is 0.380. The molecule has 12 heavy (non-hydrogen) atoms. The van der Waals surface area contributed by atoms with Crippen LogP contribution in [0.2, 0.25) is 0 Å². The first kappa shape index (κ1) is 11.5. The molecule has 1 unspecified atom stereocenters. The molecule has 0 aromatic rings. The Kier molecular flexibility index (Phi) is 8.27. The van der Waals surface area contributed by atoms with Crippen molar-refractivity contribution in [3.05, 3.63) is 0 Å². The molecule has 1 atom stereocenters. The SMILES string of the molecule is C#CCCCC(N)CCCCC. The third-order valence-electron chi connectivity index (χ3n) is 2.07. The summed E-state index contributed by atoms with van der Waals surface area (Å²) in [5.74, 6) is 2.63. The molecule has 0 radical (unpaired) electrons. The quantitative estimate of drug-likeness (QED) is 0.458. The van der Waals surface area contributed by atoms with Gasteiger partial charge in [-0.2, -0.15) is 0 Å². The topological polar surface area (TPSA) is 26.0 Å². The standard InChI is InChI=1S/C11H21N/c1-3-5-7-9-11(12)10-8-6-4-2/h1,11H,4-10,12H2,2H3. The van der Waals surface area contributed by atoms with Crippen LogP contribution in [0.1, 0.15) is 51.9 Å². The first-order chi connectivity index (χ1) is 5.81. The molecular formula is C11H21N. The molecule has 0 rings (SSSR count). The molecule has 0 saturated heterocycles. The molecule has 0 amide bonds. The number of hydrogen-bond donors (Lipinski definition) is 1. The lowest BCUT2D eigenvalue weighted by molar-refractivity contribution is 0.517. The van der Waals surface area contributed by atoms with Crippen LogP contribution in [0.25, 0.3) is 0 Å². The average Bonchev–Trinajstić information content (AvgIpc) is 2.06. The monoisotopic (exact) mass is 167 g/mol. The van der Waals surface area contributed by atoms with E-state index in [1.807, 2.05) is 0 Å². The van der Waals surface area contributed by atoms with E-state index in [-0.39, 0.29) is 0 Å². The highest BCUT2D eigenvalue weighted by molar-refractivity contribution is 4.83. The molecule has 1 heteroatoms. The maximum atomic E-state index is 5.89. The van der Waals surface area contributed by atoms with Gasteiger partial charge in [0.05, 0.1) is 0 Å². The molecule has 0 heterocycles. The van der Waals surface area contributed by atoms with Gasteiger partial charge in [-0.15, -0.1) is 12.3 Å². The lowest BCUT2D eigenvalue weighted by Crippen LogP contribution is -2.19. The summed E-state index contributed by atoms with van der Waals surface area (Å²) in [6.45, 7) is 2.21. The van der Waals surface area contributed by atoms with E-state index in [2.05, 4.69) is 12.8 Å². The molecular weight excluding hydrogens is 146 g/mol. The number of terminal acetylenes is 1. The maximum Gasteiger partial charge on any atom is 0.00866 e. The van der Waals surface area contributed by atoms with Gasteiger partial charge in [0.15, 0.2) is 0 Å². The zero-order chi connectivity index (χ0) is 9.23. The van der Waals surface area contributed by atoms with Crippen LogP contribution < -0.4 is 5.73 Å². The highest BCUT2D eigenvalue weighted by atomic mass is 14.6. The Balaban J connectivity index is 3.11. The van der Waals surface area contributed by atoms with Gasteiger partial charge in [0.25, 0.3) is 0 Å². The molecule has 0 aliphatic rings. The Morgan fingerprint density at radius 3 is 2.50 bits per heavy atom. The van der Waals surface area contributed by atoms with Crippen LogP contribution in [0.4, 0.5) is 0 Å². The lowest BCUT2D eigenvalue weighted by atomic mass is 10.0. The zero-order valence-electron chi connectivity index (χ0n) is 8.18. The van der Waals surface area contributed by atoms with E-state index in [9.17, 15) is 0 Å². The predicted octanol–water partition coefficient (Wildman–Crippen LogP) is 2.70. The van der Waals surface area contributed by atoms with Gasteiger partial charge in [-0.3, -0.25) is 0 Å². The fourth-order valence-corrected chi connectivity index (χ4v) is 1.27. The minimum absolute atomic E-state index is 0.380. The first-order valence-corrected chi connectivity index (χ1v) is 5.00. The number of rotatable bonds is 7. The Morgan fingerprint density at radius 1 is 1.25 bits per heavy atom. The Hall–Kier alpha value is -0.480. The van der Waals surface area contributed by atoms with Crippen molar-refractivity contribution in [1.29, 1.82) is 0 Å². The van der Waals surface area contributed by atoms with E-state index in [0.29, 0.717) is 6.04 Å². The van der Waals surface area contributed by atoms with Crippen molar-refractivity contribution >= 4 is 0 Å². The van der Waals surface area contributed by atoms with E-state index in [4.69, 9.17) is 12.2 Å². The normalized spacial score (nSPS) is 12.4. The Morgan fingerprint density at radius 2 is 1.92 bits per heavy atom. The molecule has 70 valence electrons. The third-order valence-corrected chi connectivity index (χ3v) is 2.07. The van der Waals surface area contributed by atoms with Gasteiger partial charge in [0, 0.05) is 12.5 Å². The van der Waals surface area contributed by atoms with Crippen LogP contribution in [0, 0.1) is 12.3 Å². The average molecular weight is 167 g/mol. The second kappa shape index (κ2) is 8.62. The van der Waals surface area contributed by atoms with Crippen LogP contribution >= 0.6 is 0 Å². The van der Waals surface area contributed by atoms with Crippen LogP contribution in [0.15, 0.2) is 0 Å². The van der Waals surface area contributed by atoms with Crippen molar-refractivity contribution in [2.75, 3.05) is 0 Å². The fraction of sp³-hybridized carbons (Fsp3) is 0.818. The predicted molar refractivity (Wildman–Crippen MR) is 54.8 cm³/mol. The van der Waals surface area contributed by atoms with E-state index < -0.39 is 0 Å². The van der Waals surface area contributed by atoms with Crippen LogP contribution in [-0.4, -0.2) is 6.04 Å². The summed E-state index contributed by atoms with van der Waals surface area (Å²) in [6.07, 6.45) is 13.2. The molecule has 0 spiro atoms. The van der Waals surface area contributed by atoms with Crippen LogP contribution in [-0.2, 0) is 0 Å². The second-order valence-electron chi connectivity index (χ2n) is 3.35. The van der Waals surface area contributed by atoms with E-state index >= 15 is 0 Å². The largest absolute Gasteiger partial charge is 0.328 e. The molecule has 0 aliphatic heterocycles. The smallest absolute Gasteiger partial charge is 0.00866 e. The fourth-order valence-electron chi connectivity index (χ4n) is 1.27. The number of nitrogens with two attached hydrogens (primary N) is 1. The summed E-state index contributed by atoms with van der Waals surface area (Å²) >= 11 is 0. The van der Waals surface area contributed by atoms with Gasteiger partial charge >= 0.3 is 0 Å². The van der Waals surface area contributed by atoms with Crippen molar-refractivity contribution in [3.8, 4) is 12.3 Å². The highest BCUT2D eigenvalue weighted by Gasteiger charge is 2.00. The molecule has 0 aromatic heterocycles. The summed E-state index contributed by atoms with van der Waals surface area (Å²) in [5.41, 5.74) is 5.89. The molecule has 2 N–H and O–H groups in total. The van der Waals surface area contributed by atoms with Gasteiger partial charge < -0.3 is 5.73 Å². The van der Waals surface area contributed by atoms with Crippen LogP contribution in [0.3, 0.4) is 0 Å². The van der Waals surface area contributed by atoms with Crippen molar-refractivity contribution in [2.45, 2.75) is 57.9 Å². The first-order valence-electron chi connectivity index (χ1n) is 5.00. The molecule has 0 fully saturated rings. The van der Waals surface area contributed by atoms with Gasteiger partial charge in [0.2, 0.25) is 0 Å². The van der Waals surface area contributed by atoms with Gasteiger partial charge in [-0.25, -0.2) is 0 Å². The Labute approximate surface area is 76.7 Å². The molecule has 0 aromatic carbocycles. The summed E-state index contributed by atoms with van der Waals surface area (Å²) < 4.78 is 0. The van der Waals surface area contributed by atoms with Crippen molar-refractivity contribution < 1.29 is 0 Å². The molecule has 1 nitrogen and oxygen atoms in total. The van der Waals surface area contributed by atoms with Gasteiger partial charge in [0.1, 0.15) is 0 Å². The summed E-state index contributed by atoms with van der Waals surface area (Å²) in [4.78, 5) is 0. The zero-order valence-corrected chi connectivity index (χ0v) is 8.18. The summed E-state index contributed by atoms with van der Waals surface area (Å²) in [6, 6.07) is 0.380. The second-order valence-corrected chi connectivity index (χ2v) is 3.35. The number of unbranched alkanes of at least 4 members (excludes halogenated alkanes) is 3. The highest BCUT2D eigenvalue weighted by Crippen LogP contribution is 2.07. The summed E-state index contributed by atoms with van der Waals surface area (Å²) in [5, 5.41) is 0. The third kappa shape index (κ3) is 7.63. The molecule has 0 saturated carbocycles. The van der Waals surface area contributed by atoms with Crippen molar-refractivity contribution in [1.82, 2.24) is 0 Å². The van der Waals surface area contributed by atoms with Gasteiger partial charge in [-0.1, -0.05) is 26.2 Å². The van der Waals surface area contributed by atoms with Crippen molar-refractivity contribution in [3.63, 3.8) is 0 Å². The molecule has 0 aliphatic carbocycles. The van der Waals surface area contributed by atoms with E-state index in [0.717, 1.165) is 19.3 Å². The summed E-state index contributed by atoms with van der Waals surface area (Å²) in [7, 11) is 0. The molecule has 0 bridgehead atoms. The van der Waals surface area contributed by atoms with Gasteiger partial charge in [-0.05, 0) is 19.3 Å². The Bertz CT molecular complexity index is 123. The lowest BCUT2D eigenvalue weighted by Gasteiger charge is -2.09. The van der Waals surface area contributed by atoms with Crippen LogP contribution in [0.5, 0.6) is 0 Å². The van der Waals surface area contributed by atoms with E-state index in [1.54, 1.807) is 0 Å². The van der Waals surface area contributed by atoms with E-state index in [1.165, 1.54) is 25.7 Å². The maximum absolute atomic E-state index is 5.89. The van der Waals surface area contributed by atoms with Crippen molar-refractivity contribution in [2.24, 2.45) is 5.73 Å².